The van der Waals surface area contributed by atoms with E-state index in [9.17, 15) is 4.79 Å². The first-order valence-corrected chi connectivity index (χ1v) is 7.94. The van der Waals surface area contributed by atoms with Gasteiger partial charge in [0.15, 0.2) is 6.04 Å². The standard InChI is InChI=1S/C16H29N3O.HI/c1-5-7-9-17-16(20)15(14(3)4)19-12-11-18(13-19)10-8-6-2;/h11-15H,5-10H2,1-4H3;1H/t15-;/m0./s1. The maximum atomic E-state index is 12.3. The molecule has 0 fully saturated rings. The van der Waals surface area contributed by atoms with Crippen LogP contribution in [0.15, 0.2) is 18.7 Å². The van der Waals surface area contributed by atoms with E-state index in [1.165, 1.54) is 12.8 Å². The lowest BCUT2D eigenvalue weighted by Crippen LogP contribution is -3.00. The highest BCUT2D eigenvalue weighted by atomic mass is 127. The van der Waals surface area contributed by atoms with Gasteiger partial charge in [0.05, 0.1) is 6.54 Å². The van der Waals surface area contributed by atoms with Gasteiger partial charge in [-0.15, -0.1) is 0 Å². The first-order chi connectivity index (χ1) is 9.60. The predicted molar refractivity (Wildman–Crippen MR) is 81.3 cm³/mol. The van der Waals surface area contributed by atoms with Crippen LogP contribution < -0.4 is 33.9 Å². The summed E-state index contributed by atoms with van der Waals surface area (Å²) in [5, 5.41) is 3.05. The molecule has 0 radical (unpaired) electrons. The van der Waals surface area contributed by atoms with Crippen molar-refractivity contribution in [1.82, 2.24) is 9.88 Å². The van der Waals surface area contributed by atoms with E-state index in [1.807, 2.05) is 10.8 Å². The Bertz CT molecular complexity index is 404. The number of imidazole rings is 1. The molecule has 0 aliphatic carbocycles. The number of carbonyl (C=O) groups excluding carboxylic acids is 1. The third-order valence-electron chi connectivity index (χ3n) is 3.53. The molecule has 1 rings (SSSR count). The number of rotatable bonds is 9. The number of aryl methyl sites for hydroxylation is 1. The van der Waals surface area contributed by atoms with Gasteiger partial charge in [-0.25, -0.2) is 9.13 Å². The lowest BCUT2D eigenvalue weighted by Gasteiger charge is -2.17. The van der Waals surface area contributed by atoms with Gasteiger partial charge in [0.25, 0.3) is 5.91 Å². The number of hydrogen-bond acceptors (Lipinski definition) is 1. The van der Waals surface area contributed by atoms with E-state index in [0.29, 0.717) is 0 Å². The van der Waals surface area contributed by atoms with Crippen molar-refractivity contribution in [3.63, 3.8) is 0 Å². The molecule has 4 nitrogen and oxygen atoms in total. The van der Waals surface area contributed by atoms with Crippen molar-refractivity contribution in [2.24, 2.45) is 5.92 Å². The van der Waals surface area contributed by atoms with Crippen molar-refractivity contribution >= 4 is 5.91 Å². The molecule has 0 saturated heterocycles. The Morgan fingerprint density at radius 2 is 1.90 bits per heavy atom. The smallest absolute Gasteiger partial charge is 0.265 e. The van der Waals surface area contributed by atoms with E-state index in [4.69, 9.17) is 0 Å². The third kappa shape index (κ3) is 6.80. The second-order valence-corrected chi connectivity index (χ2v) is 5.79. The maximum absolute atomic E-state index is 12.3. The normalized spacial score (nSPS) is 12.0. The van der Waals surface area contributed by atoms with Crippen LogP contribution in [0.3, 0.4) is 0 Å². The molecule has 1 N–H and O–H groups in total. The quantitative estimate of drug-likeness (QED) is 0.341. The molecule has 1 atom stereocenters. The number of carbonyl (C=O) groups is 1. The van der Waals surface area contributed by atoms with Crippen LogP contribution in [-0.2, 0) is 11.3 Å². The van der Waals surface area contributed by atoms with Crippen LogP contribution >= 0.6 is 0 Å². The fraction of sp³-hybridized carbons (Fsp3) is 0.750. The van der Waals surface area contributed by atoms with Gasteiger partial charge in [0, 0.05) is 12.5 Å². The Balaban J connectivity index is 0.00000400. The van der Waals surface area contributed by atoms with E-state index in [2.05, 4.69) is 50.1 Å². The molecule has 0 saturated carbocycles. The van der Waals surface area contributed by atoms with Crippen LogP contribution in [0.4, 0.5) is 0 Å². The molecule has 0 bridgehead atoms. The van der Waals surface area contributed by atoms with Gasteiger partial charge < -0.3 is 29.3 Å². The third-order valence-corrected chi connectivity index (χ3v) is 3.53. The van der Waals surface area contributed by atoms with Crippen LogP contribution in [0.1, 0.15) is 59.4 Å². The largest absolute Gasteiger partial charge is 1.00 e. The number of unbranched alkanes of at least 4 members (excludes halogenated alkanes) is 2. The van der Waals surface area contributed by atoms with Crippen LogP contribution in [-0.4, -0.2) is 17.0 Å². The van der Waals surface area contributed by atoms with Gasteiger partial charge in [-0.2, -0.15) is 0 Å². The number of amides is 1. The molecule has 1 aromatic heterocycles. The van der Waals surface area contributed by atoms with E-state index in [1.54, 1.807) is 0 Å². The number of nitrogens with one attached hydrogen (secondary N) is 1. The highest BCUT2D eigenvalue weighted by molar-refractivity contribution is 5.80. The minimum Gasteiger partial charge on any atom is -1.00 e. The molecule has 1 heterocycles. The van der Waals surface area contributed by atoms with Crippen molar-refractivity contribution in [2.45, 2.75) is 66.0 Å². The van der Waals surface area contributed by atoms with E-state index in [0.717, 1.165) is 25.9 Å². The number of aromatic nitrogens is 2. The maximum Gasteiger partial charge on any atom is 0.265 e. The number of hydrogen-bond donors (Lipinski definition) is 1. The zero-order valence-electron chi connectivity index (χ0n) is 13.8. The zero-order chi connectivity index (χ0) is 15.0. The summed E-state index contributed by atoms with van der Waals surface area (Å²) < 4.78 is 4.21. The molecule has 122 valence electrons. The van der Waals surface area contributed by atoms with Crippen molar-refractivity contribution in [1.29, 1.82) is 0 Å². The Hall–Kier alpha value is -0.590. The SMILES string of the molecule is CCCCNC(=O)[C@H](C(C)C)n1cc[n+](CCCC)c1.[I-]. The Morgan fingerprint density at radius 3 is 2.48 bits per heavy atom. The fourth-order valence-electron chi connectivity index (χ4n) is 2.32. The van der Waals surface area contributed by atoms with E-state index >= 15 is 0 Å². The Morgan fingerprint density at radius 1 is 1.24 bits per heavy atom. The van der Waals surface area contributed by atoms with Gasteiger partial charge in [-0.05, 0) is 12.8 Å². The first-order valence-electron chi connectivity index (χ1n) is 7.94. The Labute approximate surface area is 146 Å². The molecule has 0 spiro atoms. The summed E-state index contributed by atoms with van der Waals surface area (Å²) in [7, 11) is 0. The summed E-state index contributed by atoms with van der Waals surface area (Å²) in [5.41, 5.74) is 0. The van der Waals surface area contributed by atoms with Gasteiger partial charge >= 0.3 is 0 Å². The van der Waals surface area contributed by atoms with Gasteiger partial charge in [0.1, 0.15) is 12.4 Å². The summed E-state index contributed by atoms with van der Waals surface area (Å²) in [6, 6.07) is -0.116. The average molecular weight is 407 g/mol. The minimum absolute atomic E-state index is 0. The van der Waals surface area contributed by atoms with Crippen LogP contribution in [0, 0.1) is 5.92 Å². The van der Waals surface area contributed by atoms with Gasteiger partial charge in [-0.3, -0.25) is 4.79 Å². The highest BCUT2D eigenvalue weighted by Gasteiger charge is 2.28. The summed E-state index contributed by atoms with van der Waals surface area (Å²) in [6.45, 7) is 10.3. The van der Waals surface area contributed by atoms with Crippen molar-refractivity contribution in [2.75, 3.05) is 6.54 Å². The molecule has 1 amide bonds. The van der Waals surface area contributed by atoms with Crippen molar-refractivity contribution in [3.05, 3.63) is 18.7 Å². The zero-order valence-corrected chi connectivity index (χ0v) is 16.0. The Kier molecular flexibility index (Phi) is 10.7. The van der Waals surface area contributed by atoms with Crippen LogP contribution in [0.25, 0.3) is 0 Å². The summed E-state index contributed by atoms with van der Waals surface area (Å²) >= 11 is 0. The van der Waals surface area contributed by atoms with E-state index in [-0.39, 0.29) is 41.8 Å². The fourth-order valence-corrected chi connectivity index (χ4v) is 2.32. The predicted octanol–water partition coefficient (Wildman–Crippen LogP) is -0.307. The number of halogens is 1. The summed E-state index contributed by atoms with van der Waals surface area (Å²) in [5.74, 6) is 0.412. The van der Waals surface area contributed by atoms with Crippen LogP contribution in [0.2, 0.25) is 0 Å². The van der Waals surface area contributed by atoms with Crippen LogP contribution in [0.5, 0.6) is 0 Å². The van der Waals surface area contributed by atoms with Crippen molar-refractivity contribution < 1.29 is 33.3 Å². The molecule has 0 aromatic carbocycles. The summed E-state index contributed by atoms with van der Waals surface area (Å²) in [6.07, 6.45) is 10.6. The second-order valence-electron chi connectivity index (χ2n) is 5.79. The average Bonchev–Trinajstić information content (AvgIpc) is 2.85. The second kappa shape index (κ2) is 11.0. The molecule has 0 unspecified atom stereocenters. The lowest BCUT2D eigenvalue weighted by atomic mass is 10.0. The molecule has 0 aliphatic heterocycles. The molecule has 5 heteroatoms. The first kappa shape index (κ1) is 20.4. The summed E-state index contributed by atoms with van der Waals surface area (Å²) in [4.78, 5) is 12.3. The lowest BCUT2D eigenvalue weighted by molar-refractivity contribution is -0.696. The monoisotopic (exact) mass is 407 g/mol. The van der Waals surface area contributed by atoms with Gasteiger partial charge in [0.2, 0.25) is 6.33 Å². The topological polar surface area (TPSA) is 37.9 Å². The molecular formula is C16H30IN3O. The molecule has 1 aromatic rings. The van der Waals surface area contributed by atoms with Gasteiger partial charge in [-0.1, -0.05) is 40.5 Å². The number of nitrogens with zero attached hydrogens (tertiary/aromatic N) is 2. The molecular weight excluding hydrogens is 377 g/mol. The van der Waals surface area contributed by atoms with E-state index < -0.39 is 0 Å². The minimum atomic E-state index is -0.116. The van der Waals surface area contributed by atoms with Crippen molar-refractivity contribution in [3.8, 4) is 0 Å². The highest BCUT2D eigenvalue weighted by Crippen LogP contribution is 2.17. The molecule has 21 heavy (non-hydrogen) atoms. The molecule has 0 aliphatic rings.